The van der Waals surface area contributed by atoms with Crippen molar-refractivity contribution in [2.45, 2.75) is 51.6 Å². The summed E-state index contributed by atoms with van der Waals surface area (Å²) in [7, 11) is 0. The fourth-order valence-electron chi connectivity index (χ4n) is 4.39. The highest BCUT2D eigenvalue weighted by Crippen LogP contribution is 2.27. The molecule has 1 aromatic carbocycles. The van der Waals surface area contributed by atoms with Gasteiger partial charge in [0.15, 0.2) is 0 Å². The van der Waals surface area contributed by atoms with Gasteiger partial charge in [0.1, 0.15) is 0 Å². The van der Waals surface area contributed by atoms with Crippen LogP contribution in [0.25, 0.3) is 0 Å². The molecular weight excluding hydrogens is 381 g/mol. The number of rotatable bonds is 7. The molecule has 2 saturated heterocycles. The van der Waals surface area contributed by atoms with Gasteiger partial charge in [0.25, 0.3) is 0 Å². The molecule has 2 heterocycles. The molecule has 0 saturated carbocycles. The highest BCUT2D eigenvalue weighted by molar-refractivity contribution is 5.85. The van der Waals surface area contributed by atoms with Crippen molar-refractivity contribution < 1.29 is 4.79 Å². The molecule has 1 N–H and O–H groups in total. The SMILES string of the molecule is CCN(C(=O)CCC1CCNC1)C1CCN(C(C)c2ccccc2)C1.Cl.Cl. The minimum absolute atomic E-state index is 0. The van der Waals surface area contributed by atoms with Crippen molar-refractivity contribution in [1.82, 2.24) is 15.1 Å². The summed E-state index contributed by atoms with van der Waals surface area (Å²) in [6, 6.07) is 11.5. The van der Waals surface area contributed by atoms with Crippen molar-refractivity contribution in [2.24, 2.45) is 5.92 Å². The number of likely N-dealkylation sites (N-methyl/N-ethyl adjacent to an activating group) is 1. The van der Waals surface area contributed by atoms with Gasteiger partial charge in [-0.1, -0.05) is 30.3 Å². The van der Waals surface area contributed by atoms with Gasteiger partial charge in [-0.2, -0.15) is 0 Å². The fourth-order valence-corrected chi connectivity index (χ4v) is 4.39. The van der Waals surface area contributed by atoms with E-state index >= 15 is 0 Å². The Morgan fingerprint density at radius 2 is 2.00 bits per heavy atom. The van der Waals surface area contributed by atoms with E-state index in [9.17, 15) is 4.79 Å². The number of nitrogens with zero attached hydrogens (tertiary/aromatic N) is 2. The topological polar surface area (TPSA) is 35.6 Å². The molecule has 2 fully saturated rings. The molecule has 0 spiro atoms. The number of carbonyl (C=O) groups is 1. The summed E-state index contributed by atoms with van der Waals surface area (Å²) >= 11 is 0. The summed E-state index contributed by atoms with van der Waals surface area (Å²) in [5, 5.41) is 3.40. The zero-order chi connectivity index (χ0) is 17.6. The van der Waals surface area contributed by atoms with Crippen molar-refractivity contribution in [3.05, 3.63) is 35.9 Å². The van der Waals surface area contributed by atoms with Crippen molar-refractivity contribution >= 4 is 30.7 Å². The second-order valence-electron chi connectivity index (χ2n) is 7.60. The summed E-state index contributed by atoms with van der Waals surface area (Å²) in [5.41, 5.74) is 1.37. The summed E-state index contributed by atoms with van der Waals surface area (Å²) in [5.74, 6) is 1.05. The van der Waals surface area contributed by atoms with E-state index in [1.807, 2.05) is 0 Å². The van der Waals surface area contributed by atoms with Crippen LogP contribution in [-0.2, 0) is 4.79 Å². The first kappa shape index (κ1) is 24.2. The molecule has 27 heavy (non-hydrogen) atoms. The highest BCUT2D eigenvalue weighted by atomic mass is 35.5. The Hall–Kier alpha value is -0.810. The van der Waals surface area contributed by atoms with Crippen LogP contribution >= 0.6 is 24.8 Å². The first-order valence-electron chi connectivity index (χ1n) is 9.98. The molecular formula is C21H35Cl2N3O. The van der Waals surface area contributed by atoms with Crippen LogP contribution in [0.4, 0.5) is 0 Å². The molecule has 3 rings (SSSR count). The van der Waals surface area contributed by atoms with E-state index in [1.165, 1.54) is 12.0 Å². The average molecular weight is 416 g/mol. The molecule has 0 radical (unpaired) electrons. The van der Waals surface area contributed by atoms with Crippen LogP contribution in [0.2, 0.25) is 0 Å². The van der Waals surface area contributed by atoms with Gasteiger partial charge in [-0.3, -0.25) is 9.69 Å². The number of halogens is 2. The molecule has 2 aliphatic rings. The maximum atomic E-state index is 12.8. The lowest BCUT2D eigenvalue weighted by molar-refractivity contribution is -0.133. The lowest BCUT2D eigenvalue weighted by Crippen LogP contribution is -2.42. The van der Waals surface area contributed by atoms with E-state index in [0.29, 0.717) is 30.3 Å². The predicted molar refractivity (Wildman–Crippen MR) is 117 cm³/mol. The van der Waals surface area contributed by atoms with Crippen LogP contribution in [0.5, 0.6) is 0 Å². The molecule has 1 amide bonds. The highest BCUT2D eigenvalue weighted by Gasteiger charge is 2.32. The van der Waals surface area contributed by atoms with Gasteiger partial charge >= 0.3 is 0 Å². The first-order chi connectivity index (χ1) is 12.2. The van der Waals surface area contributed by atoms with Crippen molar-refractivity contribution in [1.29, 1.82) is 0 Å². The molecule has 6 heteroatoms. The van der Waals surface area contributed by atoms with E-state index < -0.39 is 0 Å². The number of likely N-dealkylation sites (tertiary alicyclic amines) is 1. The van der Waals surface area contributed by atoms with Gasteiger partial charge in [-0.15, -0.1) is 24.8 Å². The summed E-state index contributed by atoms with van der Waals surface area (Å²) in [6.45, 7) is 9.52. The van der Waals surface area contributed by atoms with Crippen LogP contribution in [0, 0.1) is 5.92 Å². The molecule has 4 nitrogen and oxygen atoms in total. The van der Waals surface area contributed by atoms with Gasteiger partial charge in [0.2, 0.25) is 5.91 Å². The quantitative estimate of drug-likeness (QED) is 0.732. The molecule has 2 aliphatic heterocycles. The zero-order valence-corrected chi connectivity index (χ0v) is 18.2. The van der Waals surface area contributed by atoms with Crippen molar-refractivity contribution in [3.8, 4) is 0 Å². The summed E-state index contributed by atoms with van der Waals surface area (Å²) in [6.07, 6.45) is 4.08. The summed E-state index contributed by atoms with van der Waals surface area (Å²) in [4.78, 5) is 17.4. The van der Waals surface area contributed by atoms with Crippen LogP contribution in [0.3, 0.4) is 0 Å². The lowest BCUT2D eigenvalue weighted by Gasteiger charge is -2.30. The van der Waals surface area contributed by atoms with Gasteiger partial charge in [-0.05, 0) is 57.7 Å². The Bertz CT molecular complexity index is 552. The largest absolute Gasteiger partial charge is 0.339 e. The maximum absolute atomic E-state index is 12.8. The third-order valence-electron chi connectivity index (χ3n) is 6.06. The second-order valence-corrected chi connectivity index (χ2v) is 7.60. The standard InChI is InChI=1S/C21H33N3O.2ClH/c1-3-24(21(25)10-9-18-11-13-22-15-18)20-12-14-23(16-20)17(2)19-7-5-4-6-8-19;;/h4-8,17-18,20,22H,3,9-16H2,1-2H3;2*1H. The molecule has 0 bridgehead atoms. The Kier molecular flexibility index (Phi) is 10.7. The number of amides is 1. The second kappa shape index (κ2) is 11.9. The Morgan fingerprint density at radius 1 is 1.26 bits per heavy atom. The molecule has 3 unspecified atom stereocenters. The van der Waals surface area contributed by atoms with Crippen LogP contribution in [-0.4, -0.2) is 54.5 Å². The minimum atomic E-state index is 0. The number of hydrogen-bond donors (Lipinski definition) is 1. The normalized spacial score (nSPS) is 23.3. The number of carbonyl (C=O) groups excluding carboxylic acids is 1. The number of benzene rings is 1. The van der Waals surface area contributed by atoms with E-state index in [1.54, 1.807) is 0 Å². The third kappa shape index (κ3) is 6.35. The van der Waals surface area contributed by atoms with E-state index in [4.69, 9.17) is 0 Å². The fraction of sp³-hybridized carbons (Fsp3) is 0.667. The van der Waals surface area contributed by atoms with Gasteiger partial charge < -0.3 is 10.2 Å². The smallest absolute Gasteiger partial charge is 0.222 e. The Morgan fingerprint density at radius 3 is 2.63 bits per heavy atom. The van der Waals surface area contributed by atoms with Crippen LogP contribution in [0.15, 0.2) is 30.3 Å². The van der Waals surface area contributed by atoms with Crippen molar-refractivity contribution in [2.75, 3.05) is 32.7 Å². The van der Waals surface area contributed by atoms with Crippen molar-refractivity contribution in [3.63, 3.8) is 0 Å². The van der Waals surface area contributed by atoms with Crippen LogP contribution in [0.1, 0.15) is 51.1 Å². The van der Waals surface area contributed by atoms with Gasteiger partial charge in [0, 0.05) is 38.1 Å². The monoisotopic (exact) mass is 415 g/mol. The third-order valence-corrected chi connectivity index (χ3v) is 6.06. The average Bonchev–Trinajstić information content (AvgIpc) is 3.33. The van der Waals surface area contributed by atoms with E-state index in [2.05, 4.69) is 59.3 Å². The first-order valence-corrected chi connectivity index (χ1v) is 9.98. The number of hydrogen-bond acceptors (Lipinski definition) is 3. The minimum Gasteiger partial charge on any atom is -0.339 e. The molecule has 154 valence electrons. The molecule has 3 atom stereocenters. The van der Waals surface area contributed by atoms with Gasteiger partial charge in [0.05, 0.1) is 0 Å². The maximum Gasteiger partial charge on any atom is 0.222 e. The Labute approximate surface area is 176 Å². The summed E-state index contributed by atoms with van der Waals surface area (Å²) < 4.78 is 0. The van der Waals surface area contributed by atoms with Crippen LogP contribution < -0.4 is 5.32 Å². The zero-order valence-electron chi connectivity index (χ0n) is 16.6. The lowest BCUT2D eigenvalue weighted by atomic mass is 10.0. The molecule has 0 aromatic heterocycles. The molecule has 1 aromatic rings. The Balaban J connectivity index is 0.00000182. The van der Waals surface area contributed by atoms with E-state index in [0.717, 1.165) is 45.6 Å². The number of nitrogens with one attached hydrogen (secondary N) is 1. The predicted octanol–water partition coefficient (Wildman–Crippen LogP) is 3.90. The van der Waals surface area contributed by atoms with E-state index in [-0.39, 0.29) is 24.8 Å². The van der Waals surface area contributed by atoms with Gasteiger partial charge in [-0.25, -0.2) is 0 Å². The molecule has 0 aliphatic carbocycles.